The molecule has 130 valence electrons. The molecule has 1 aromatic heterocycles. The maximum Gasteiger partial charge on any atom is 0.245 e. The van der Waals surface area contributed by atoms with Gasteiger partial charge in [0.25, 0.3) is 0 Å². The lowest BCUT2D eigenvalue weighted by Crippen LogP contribution is -2.46. The average molecular weight is 357 g/mol. The third-order valence-corrected chi connectivity index (χ3v) is 4.48. The summed E-state index contributed by atoms with van der Waals surface area (Å²) in [7, 11) is 0. The topological polar surface area (TPSA) is 90.1 Å². The Morgan fingerprint density at radius 1 is 1.40 bits per heavy atom. The Morgan fingerprint density at radius 2 is 2.20 bits per heavy atom. The van der Waals surface area contributed by atoms with Crippen molar-refractivity contribution < 1.29 is 9.59 Å². The summed E-state index contributed by atoms with van der Waals surface area (Å²) in [5.41, 5.74) is 7.01. The number of nitrogens with zero attached hydrogens (tertiary/aromatic N) is 2. The summed E-state index contributed by atoms with van der Waals surface area (Å²) >= 11 is 5.26. The molecule has 1 aliphatic rings. The number of aromatic nitrogens is 2. The molecule has 3 rings (SSSR count). The molecule has 0 spiro atoms. The monoisotopic (exact) mass is 357 g/mol. The van der Waals surface area contributed by atoms with Crippen LogP contribution in [0.3, 0.4) is 0 Å². The summed E-state index contributed by atoms with van der Waals surface area (Å²) < 4.78 is 0.408. The van der Waals surface area contributed by atoms with E-state index in [4.69, 9.17) is 12.2 Å². The van der Waals surface area contributed by atoms with Crippen LogP contribution in [0, 0.1) is 10.6 Å². The van der Waals surface area contributed by atoms with Gasteiger partial charge >= 0.3 is 0 Å². The number of likely N-dealkylation sites (tertiary alicyclic amines) is 1. The lowest BCUT2D eigenvalue weighted by molar-refractivity contribution is -0.131. The van der Waals surface area contributed by atoms with Gasteiger partial charge in [-0.05, 0) is 31.1 Å². The molecule has 2 amide bonds. The van der Waals surface area contributed by atoms with E-state index in [1.165, 1.54) is 6.08 Å². The zero-order valence-corrected chi connectivity index (χ0v) is 14.4. The van der Waals surface area contributed by atoms with E-state index in [2.05, 4.69) is 27.4 Å². The van der Waals surface area contributed by atoms with E-state index in [0.29, 0.717) is 23.5 Å². The van der Waals surface area contributed by atoms with Gasteiger partial charge in [-0.3, -0.25) is 20.4 Å². The van der Waals surface area contributed by atoms with Crippen molar-refractivity contribution in [2.24, 2.45) is 5.92 Å². The van der Waals surface area contributed by atoms with Gasteiger partial charge in [-0.15, -0.1) is 0 Å². The molecule has 7 nitrogen and oxygen atoms in total. The number of nitrogens with one attached hydrogen (secondary N) is 3. The zero-order valence-electron chi connectivity index (χ0n) is 13.6. The highest BCUT2D eigenvalue weighted by Gasteiger charge is 2.27. The van der Waals surface area contributed by atoms with Gasteiger partial charge in [-0.25, -0.2) is 4.98 Å². The molecule has 8 heteroatoms. The number of hydrogen-bond acceptors (Lipinski definition) is 5. The standard InChI is InChI=1S/C17H19N5O2S/c1-2-14(23)22-9-5-6-11(10-22)16(24)21-20-15-17(25)19-13-8-4-3-7-12(13)18-15/h2-4,7-8,11H,1,5-6,9-10H2,(H,18,20)(H,19,25)(H,21,24). The number of benzene rings is 1. The van der Waals surface area contributed by atoms with Crippen LogP contribution in [-0.4, -0.2) is 39.8 Å². The number of hydrazine groups is 1. The number of hydrogen-bond donors (Lipinski definition) is 3. The van der Waals surface area contributed by atoms with Crippen molar-refractivity contribution in [3.05, 3.63) is 41.6 Å². The predicted octanol–water partition coefficient (Wildman–Crippen LogP) is 2.16. The van der Waals surface area contributed by atoms with Crippen LogP contribution in [0.15, 0.2) is 36.9 Å². The van der Waals surface area contributed by atoms with Crippen LogP contribution in [0.1, 0.15) is 12.8 Å². The zero-order chi connectivity index (χ0) is 17.8. The first-order chi connectivity index (χ1) is 12.1. The molecule has 3 N–H and O–H groups in total. The van der Waals surface area contributed by atoms with E-state index in [0.717, 1.165) is 23.9 Å². The highest BCUT2D eigenvalue weighted by molar-refractivity contribution is 7.71. The summed E-state index contributed by atoms with van der Waals surface area (Å²) in [5.74, 6) is -0.227. The molecule has 1 saturated heterocycles. The van der Waals surface area contributed by atoms with Crippen molar-refractivity contribution >= 4 is 40.9 Å². The van der Waals surface area contributed by atoms with Gasteiger partial charge < -0.3 is 9.88 Å². The number of H-pyrrole nitrogens is 1. The third kappa shape index (κ3) is 3.85. The third-order valence-electron chi connectivity index (χ3n) is 4.18. The number of carbonyl (C=O) groups excluding carboxylic acids is 2. The number of anilines is 1. The fourth-order valence-corrected chi connectivity index (χ4v) is 3.06. The number of fused-ring (bicyclic) bond motifs is 1. The van der Waals surface area contributed by atoms with E-state index in [9.17, 15) is 9.59 Å². The molecule has 1 aliphatic heterocycles. The minimum Gasteiger partial charge on any atom is -0.342 e. The van der Waals surface area contributed by atoms with Crippen molar-refractivity contribution in [2.75, 3.05) is 18.5 Å². The minimum atomic E-state index is -0.275. The lowest BCUT2D eigenvalue weighted by Gasteiger charge is -2.31. The first kappa shape index (κ1) is 17.1. The number of aromatic amines is 1. The van der Waals surface area contributed by atoms with Gasteiger partial charge in [0, 0.05) is 13.1 Å². The van der Waals surface area contributed by atoms with Crippen LogP contribution >= 0.6 is 12.2 Å². The normalized spacial score (nSPS) is 17.1. The summed E-state index contributed by atoms with van der Waals surface area (Å²) in [6, 6.07) is 7.51. The molecule has 2 heterocycles. The smallest absolute Gasteiger partial charge is 0.245 e. The maximum atomic E-state index is 12.4. The van der Waals surface area contributed by atoms with Crippen molar-refractivity contribution in [2.45, 2.75) is 12.8 Å². The fraction of sp³-hybridized carbons (Fsp3) is 0.294. The van der Waals surface area contributed by atoms with E-state index < -0.39 is 0 Å². The van der Waals surface area contributed by atoms with Crippen molar-refractivity contribution in [1.29, 1.82) is 0 Å². The first-order valence-electron chi connectivity index (χ1n) is 8.05. The van der Waals surface area contributed by atoms with Gasteiger partial charge in [-0.2, -0.15) is 0 Å². The molecular formula is C17H19N5O2S. The molecule has 1 unspecified atom stereocenters. The van der Waals surface area contributed by atoms with Crippen LogP contribution in [0.4, 0.5) is 5.82 Å². The Labute approximate surface area is 150 Å². The van der Waals surface area contributed by atoms with E-state index in [1.807, 2.05) is 24.3 Å². The van der Waals surface area contributed by atoms with Gasteiger partial charge in [0.2, 0.25) is 11.8 Å². The quantitative estimate of drug-likeness (QED) is 0.443. The highest BCUT2D eigenvalue weighted by Crippen LogP contribution is 2.17. The molecule has 1 fully saturated rings. The molecular weight excluding hydrogens is 338 g/mol. The van der Waals surface area contributed by atoms with E-state index >= 15 is 0 Å². The maximum absolute atomic E-state index is 12.4. The van der Waals surface area contributed by atoms with Crippen LogP contribution < -0.4 is 10.9 Å². The molecule has 1 atom stereocenters. The molecule has 0 aliphatic carbocycles. The predicted molar refractivity (Wildman–Crippen MR) is 98.2 cm³/mol. The van der Waals surface area contributed by atoms with Gasteiger partial charge in [0.15, 0.2) is 5.82 Å². The van der Waals surface area contributed by atoms with Crippen molar-refractivity contribution in [1.82, 2.24) is 20.3 Å². The Hall–Kier alpha value is -2.74. The molecule has 0 saturated carbocycles. The molecule has 0 radical (unpaired) electrons. The molecule has 0 bridgehead atoms. The Bertz CT molecular complexity index is 879. The second kappa shape index (κ2) is 7.43. The molecule has 1 aromatic carbocycles. The first-order valence-corrected chi connectivity index (χ1v) is 8.45. The van der Waals surface area contributed by atoms with Gasteiger partial charge in [-0.1, -0.05) is 30.9 Å². The number of carbonyl (C=O) groups is 2. The Morgan fingerprint density at radius 3 is 3.00 bits per heavy atom. The highest BCUT2D eigenvalue weighted by atomic mass is 32.1. The average Bonchev–Trinajstić information content (AvgIpc) is 2.65. The summed E-state index contributed by atoms with van der Waals surface area (Å²) in [5, 5.41) is 0. The Kier molecular flexibility index (Phi) is 5.08. The van der Waals surface area contributed by atoms with Crippen LogP contribution in [0.5, 0.6) is 0 Å². The summed E-state index contributed by atoms with van der Waals surface area (Å²) in [6.07, 6.45) is 2.79. The second-order valence-electron chi connectivity index (χ2n) is 5.87. The number of amides is 2. The minimum absolute atomic E-state index is 0.149. The second-order valence-corrected chi connectivity index (χ2v) is 6.28. The molecule has 2 aromatic rings. The summed E-state index contributed by atoms with van der Waals surface area (Å²) in [4.78, 5) is 33.2. The van der Waals surface area contributed by atoms with Gasteiger partial charge in [0.05, 0.1) is 17.0 Å². The number of para-hydroxylation sites is 2. The number of piperidine rings is 1. The van der Waals surface area contributed by atoms with Crippen LogP contribution in [-0.2, 0) is 9.59 Å². The van der Waals surface area contributed by atoms with Crippen molar-refractivity contribution in [3.8, 4) is 0 Å². The van der Waals surface area contributed by atoms with Gasteiger partial charge in [0.1, 0.15) is 4.64 Å². The van der Waals surface area contributed by atoms with Crippen LogP contribution in [0.2, 0.25) is 0 Å². The van der Waals surface area contributed by atoms with E-state index in [1.54, 1.807) is 4.90 Å². The largest absolute Gasteiger partial charge is 0.342 e. The lowest BCUT2D eigenvalue weighted by atomic mass is 9.97. The van der Waals surface area contributed by atoms with Crippen molar-refractivity contribution in [3.63, 3.8) is 0 Å². The molecule has 25 heavy (non-hydrogen) atoms. The summed E-state index contributed by atoms with van der Waals surface area (Å²) in [6.45, 7) is 4.53. The number of rotatable bonds is 4. The van der Waals surface area contributed by atoms with Crippen LogP contribution in [0.25, 0.3) is 11.0 Å². The Balaban J connectivity index is 1.66. The SMILES string of the molecule is C=CC(=O)N1CCCC(C(=O)NNc2nc3ccccc3[nH]c2=S)C1. The fourth-order valence-electron chi connectivity index (χ4n) is 2.86. The van der Waals surface area contributed by atoms with E-state index in [-0.39, 0.29) is 17.7 Å².